The Bertz CT molecular complexity index is 341. The van der Waals surface area contributed by atoms with Crippen molar-refractivity contribution in [2.45, 2.75) is 40.3 Å². The summed E-state index contributed by atoms with van der Waals surface area (Å²) in [6, 6.07) is 0.374. The first-order valence-electron chi connectivity index (χ1n) is 5.89. The molecule has 1 atom stereocenters. The molecule has 1 aromatic rings. The second-order valence-corrected chi connectivity index (χ2v) is 4.74. The Kier molecular flexibility index (Phi) is 4.50. The van der Waals surface area contributed by atoms with E-state index in [4.69, 9.17) is 5.73 Å². The van der Waals surface area contributed by atoms with E-state index in [0.717, 1.165) is 12.2 Å². The lowest BCUT2D eigenvalue weighted by atomic mass is 10.0. The molecule has 1 rings (SSSR count). The van der Waals surface area contributed by atoms with Crippen molar-refractivity contribution in [3.8, 4) is 0 Å². The summed E-state index contributed by atoms with van der Waals surface area (Å²) in [6.45, 7) is 10.1. The van der Waals surface area contributed by atoms with Crippen LogP contribution in [0.1, 0.15) is 30.8 Å². The maximum absolute atomic E-state index is 5.74. The van der Waals surface area contributed by atoms with Crippen molar-refractivity contribution in [2.75, 3.05) is 6.54 Å². The smallest absolute Gasteiger partial charge is 0.0641 e. The molecule has 4 nitrogen and oxygen atoms in total. The van der Waals surface area contributed by atoms with Gasteiger partial charge in [0.1, 0.15) is 0 Å². The highest BCUT2D eigenvalue weighted by atomic mass is 15.3. The highest BCUT2D eigenvalue weighted by Crippen LogP contribution is 2.12. The van der Waals surface area contributed by atoms with E-state index in [9.17, 15) is 0 Å². The van der Waals surface area contributed by atoms with Gasteiger partial charge in [-0.05, 0) is 19.8 Å². The summed E-state index contributed by atoms with van der Waals surface area (Å²) in [4.78, 5) is 0. The van der Waals surface area contributed by atoms with Crippen LogP contribution in [0.25, 0.3) is 0 Å². The molecule has 0 bridgehead atoms. The summed E-state index contributed by atoms with van der Waals surface area (Å²) < 4.78 is 1.93. The molecule has 16 heavy (non-hydrogen) atoms. The van der Waals surface area contributed by atoms with E-state index < -0.39 is 0 Å². The van der Waals surface area contributed by atoms with Gasteiger partial charge in [-0.2, -0.15) is 5.10 Å². The molecule has 0 aliphatic heterocycles. The number of nitrogens with one attached hydrogen (secondary N) is 1. The van der Waals surface area contributed by atoms with Gasteiger partial charge in [0.05, 0.1) is 5.69 Å². The Morgan fingerprint density at radius 3 is 2.38 bits per heavy atom. The number of aryl methyl sites for hydroxylation is 2. The van der Waals surface area contributed by atoms with Gasteiger partial charge in [-0.15, -0.1) is 0 Å². The zero-order chi connectivity index (χ0) is 12.3. The first-order chi connectivity index (χ1) is 7.47. The van der Waals surface area contributed by atoms with Crippen molar-refractivity contribution in [3.63, 3.8) is 0 Å². The SMILES string of the molecule is Cc1nn(C)c(C)c1CNC(CN)C(C)C. The van der Waals surface area contributed by atoms with Gasteiger partial charge in [0.25, 0.3) is 0 Å². The molecule has 0 amide bonds. The molecule has 4 heteroatoms. The molecular weight excluding hydrogens is 200 g/mol. The van der Waals surface area contributed by atoms with Crippen LogP contribution in [-0.4, -0.2) is 22.4 Å². The average molecular weight is 224 g/mol. The maximum atomic E-state index is 5.74. The molecule has 0 saturated heterocycles. The number of nitrogens with zero attached hydrogens (tertiary/aromatic N) is 2. The highest BCUT2D eigenvalue weighted by Gasteiger charge is 2.13. The van der Waals surface area contributed by atoms with Crippen LogP contribution in [0.4, 0.5) is 0 Å². The van der Waals surface area contributed by atoms with Gasteiger partial charge in [-0.25, -0.2) is 0 Å². The summed E-state index contributed by atoms with van der Waals surface area (Å²) in [5.74, 6) is 0.558. The van der Waals surface area contributed by atoms with Crippen molar-refractivity contribution >= 4 is 0 Å². The third-order valence-corrected chi connectivity index (χ3v) is 3.26. The molecule has 0 fully saturated rings. The fourth-order valence-corrected chi connectivity index (χ4v) is 1.90. The number of aromatic nitrogens is 2. The topological polar surface area (TPSA) is 55.9 Å². The van der Waals surface area contributed by atoms with Crippen molar-refractivity contribution in [1.29, 1.82) is 0 Å². The van der Waals surface area contributed by atoms with Gasteiger partial charge in [-0.3, -0.25) is 4.68 Å². The first kappa shape index (κ1) is 13.2. The Balaban J connectivity index is 2.67. The third kappa shape index (κ3) is 2.83. The predicted molar refractivity (Wildman–Crippen MR) is 67.2 cm³/mol. The lowest BCUT2D eigenvalue weighted by molar-refractivity contribution is 0.404. The molecule has 1 unspecified atom stereocenters. The highest BCUT2D eigenvalue weighted by molar-refractivity contribution is 5.24. The summed E-state index contributed by atoms with van der Waals surface area (Å²) >= 11 is 0. The van der Waals surface area contributed by atoms with Gasteiger partial charge in [0.2, 0.25) is 0 Å². The number of nitrogens with two attached hydrogens (primary N) is 1. The largest absolute Gasteiger partial charge is 0.329 e. The molecule has 3 N–H and O–H groups in total. The summed E-state index contributed by atoms with van der Waals surface area (Å²) in [7, 11) is 1.98. The molecule has 0 aromatic carbocycles. The van der Waals surface area contributed by atoms with Gasteiger partial charge in [0.15, 0.2) is 0 Å². The normalized spacial score (nSPS) is 13.4. The quantitative estimate of drug-likeness (QED) is 0.788. The summed E-state index contributed by atoms with van der Waals surface area (Å²) in [6.07, 6.45) is 0. The molecule has 0 aliphatic rings. The summed E-state index contributed by atoms with van der Waals surface area (Å²) in [5, 5.41) is 7.91. The molecule has 1 aromatic heterocycles. The van der Waals surface area contributed by atoms with Crippen LogP contribution in [0.2, 0.25) is 0 Å². The average Bonchev–Trinajstić information content (AvgIpc) is 2.44. The predicted octanol–water partition coefficient (Wildman–Crippen LogP) is 1.11. The minimum absolute atomic E-state index is 0.374. The lowest BCUT2D eigenvalue weighted by Crippen LogP contribution is -2.39. The summed E-state index contributed by atoms with van der Waals surface area (Å²) in [5.41, 5.74) is 9.36. The van der Waals surface area contributed by atoms with Crippen LogP contribution in [0.3, 0.4) is 0 Å². The van der Waals surface area contributed by atoms with Gasteiger partial charge < -0.3 is 11.1 Å². The monoisotopic (exact) mass is 224 g/mol. The molecule has 0 radical (unpaired) electrons. The molecule has 1 heterocycles. The van der Waals surface area contributed by atoms with Crippen LogP contribution in [-0.2, 0) is 13.6 Å². The maximum Gasteiger partial charge on any atom is 0.0641 e. The van der Waals surface area contributed by atoms with Gasteiger partial charge in [-0.1, -0.05) is 13.8 Å². The van der Waals surface area contributed by atoms with Crippen LogP contribution >= 0.6 is 0 Å². The van der Waals surface area contributed by atoms with E-state index in [-0.39, 0.29) is 0 Å². The van der Waals surface area contributed by atoms with Crippen molar-refractivity contribution in [3.05, 3.63) is 17.0 Å². The van der Waals surface area contributed by atoms with Crippen LogP contribution < -0.4 is 11.1 Å². The van der Waals surface area contributed by atoms with E-state index in [1.807, 2.05) is 11.7 Å². The minimum Gasteiger partial charge on any atom is -0.329 e. The third-order valence-electron chi connectivity index (χ3n) is 3.26. The van der Waals surface area contributed by atoms with Crippen molar-refractivity contribution < 1.29 is 0 Å². The fourth-order valence-electron chi connectivity index (χ4n) is 1.90. The Morgan fingerprint density at radius 2 is 2.00 bits per heavy atom. The van der Waals surface area contributed by atoms with Crippen molar-refractivity contribution in [1.82, 2.24) is 15.1 Å². The minimum atomic E-state index is 0.374. The molecule has 0 spiro atoms. The number of hydrogen-bond acceptors (Lipinski definition) is 3. The molecule has 0 saturated carbocycles. The molecular formula is C12H24N4. The standard InChI is InChI=1S/C12H24N4/c1-8(2)12(6-13)14-7-11-9(3)15-16(5)10(11)4/h8,12,14H,6-7,13H2,1-5H3. The Labute approximate surface area is 98.2 Å². The van der Waals surface area contributed by atoms with Crippen molar-refractivity contribution in [2.24, 2.45) is 18.7 Å². The lowest BCUT2D eigenvalue weighted by Gasteiger charge is -2.20. The second-order valence-electron chi connectivity index (χ2n) is 4.74. The molecule has 0 aliphatic carbocycles. The van der Waals surface area contributed by atoms with Gasteiger partial charge >= 0.3 is 0 Å². The van der Waals surface area contributed by atoms with Crippen LogP contribution in [0.5, 0.6) is 0 Å². The van der Waals surface area contributed by atoms with E-state index in [2.05, 4.69) is 38.1 Å². The fraction of sp³-hybridized carbons (Fsp3) is 0.750. The second kappa shape index (κ2) is 5.46. The first-order valence-corrected chi connectivity index (χ1v) is 5.89. The Morgan fingerprint density at radius 1 is 1.38 bits per heavy atom. The van der Waals surface area contributed by atoms with E-state index >= 15 is 0 Å². The van der Waals surface area contributed by atoms with E-state index in [0.29, 0.717) is 18.5 Å². The van der Waals surface area contributed by atoms with E-state index in [1.54, 1.807) is 0 Å². The zero-order valence-electron chi connectivity index (χ0n) is 11.0. The number of hydrogen-bond donors (Lipinski definition) is 2. The number of rotatable bonds is 5. The van der Waals surface area contributed by atoms with Crippen LogP contribution in [0, 0.1) is 19.8 Å². The van der Waals surface area contributed by atoms with Gasteiger partial charge in [0, 0.05) is 37.4 Å². The Hall–Kier alpha value is -0.870. The van der Waals surface area contributed by atoms with E-state index in [1.165, 1.54) is 11.3 Å². The zero-order valence-corrected chi connectivity index (χ0v) is 11.0. The molecule has 92 valence electrons. The van der Waals surface area contributed by atoms with Crippen LogP contribution in [0.15, 0.2) is 0 Å².